The van der Waals surface area contributed by atoms with Crippen LogP contribution in [0.5, 0.6) is 0 Å². The molecule has 0 saturated heterocycles. The number of quaternary nitrogens is 1. The summed E-state index contributed by atoms with van der Waals surface area (Å²) in [5.74, 6) is -0.821. The van der Waals surface area contributed by atoms with E-state index >= 15 is 0 Å². The van der Waals surface area contributed by atoms with Gasteiger partial charge in [0.1, 0.15) is 19.8 Å². The summed E-state index contributed by atoms with van der Waals surface area (Å²) >= 11 is 0. The van der Waals surface area contributed by atoms with Crippen molar-refractivity contribution < 1.29 is 42.1 Å². The maximum Gasteiger partial charge on any atom is 0.306 e. The van der Waals surface area contributed by atoms with Crippen molar-refractivity contribution >= 4 is 19.8 Å². The number of ether oxygens (including phenoxy) is 2. The van der Waals surface area contributed by atoms with E-state index in [9.17, 15) is 19.0 Å². The molecule has 0 saturated carbocycles. The van der Waals surface area contributed by atoms with Crippen LogP contribution in [0.2, 0.25) is 0 Å². The fraction of sp³-hybridized carbons (Fsp3) is 0.900. The quantitative estimate of drug-likeness (QED) is 0.0195. The van der Waals surface area contributed by atoms with Crippen LogP contribution in [-0.2, 0) is 32.7 Å². The summed E-state index contributed by atoms with van der Waals surface area (Å²) in [4.78, 5) is 37.9. The number of rotatable bonds is 56. The molecular weight excluding hydrogens is 894 g/mol. The van der Waals surface area contributed by atoms with Crippen molar-refractivity contribution in [2.24, 2.45) is 0 Å². The number of carbonyl (C=O) groups is 2. The van der Waals surface area contributed by atoms with Crippen molar-refractivity contribution in [2.75, 3.05) is 47.5 Å². The van der Waals surface area contributed by atoms with E-state index in [-0.39, 0.29) is 32.0 Å². The summed E-state index contributed by atoms with van der Waals surface area (Å²) in [5.41, 5.74) is 0. The molecule has 70 heavy (non-hydrogen) atoms. The third kappa shape index (κ3) is 55.8. The third-order valence-corrected chi connectivity index (χ3v) is 14.4. The molecule has 414 valence electrons. The number of phosphoric acid groups is 1. The van der Waals surface area contributed by atoms with Gasteiger partial charge in [-0.05, 0) is 64.2 Å². The zero-order valence-corrected chi connectivity index (χ0v) is 47.9. The first kappa shape index (κ1) is 68.5. The standard InChI is InChI=1S/C60H116NO8P/c1-6-8-10-12-14-16-18-20-22-24-26-28-29-30-31-33-35-37-39-41-43-45-47-49-51-53-60(63)69-58(57-68-70(64,65)67-55-54-61(3,4)5)56-66-59(62)52-50-48-46-44-42-40-38-36-34-32-27-25-23-21-19-17-15-13-11-9-7-2/h24-27,58H,6-23,28-57H2,1-5H3/b26-24-,27-25-. The molecule has 2 unspecified atom stereocenters. The molecule has 0 fully saturated rings. The van der Waals surface area contributed by atoms with Crippen LogP contribution in [0.15, 0.2) is 24.3 Å². The zero-order chi connectivity index (χ0) is 51.3. The van der Waals surface area contributed by atoms with Crippen LogP contribution in [0.4, 0.5) is 0 Å². The first-order chi connectivity index (χ1) is 34.0. The molecule has 0 radical (unpaired) electrons. The molecule has 0 aromatic rings. The molecule has 10 heteroatoms. The highest BCUT2D eigenvalue weighted by molar-refractivity contribution is 7.45. The summed E-state index contributed by atoms with van der Waals surface area (Å²) in [6, 6.07) is 0. The Labute approximate surface area is 434 Å². The average molecular weight is 1010 g/mol. The van der Waals surface area contributed by atoms with Gasteiger partial charge < -0.3 is 27.9 Å². The lowest BCUT2D eigenvalue weighted by Crippen LogP contribution is -2.37. The van der Waals surface area contributed by atoms with Gasteiger partial charge in [0.05, 0.1) is 27.7 Å². The van der Waals surface area contributed by atoms with Crippen molar-refractivity contribution in [2.45, 2.75) is 302 Å². The van der Waals surface area contributed by atoms with Gasteiger partial charge in [0.2, 0.25) is 0 Å². The van der Waals surface area contributed by atoms with Crippen LogP contribution in [0.3, 0.4) is 0 Å². The normalized spacial score (nSPS) is 13.4. The highest BCUT2D eigenvalue weighted by Crippen LogP contribution is 2.38. The second-order valence-electron chi connectivity index (χ2n) is 21.7. The lowest BCUT2D eigenvalue weighted by Gasteiger charge is -2.28. The van der Waals surface area contributed by atoms with Gasteiger partial charge in [0.25, 0.3) is 7.82 Å². The third-order valence-electron chi connectivity index (χ3n) is 13.4. The smallest absolute Gasteiger partial charge is 0.306 e. The number of unbranched alkanes of at least 4 members (excludes halogenated alkanes) is 38. The first-order valence-electron chi connectivity index (χ1n) is 30.0. The number of nitrogens with zero attached hydrogens (tertiary/aromatic N) is 1. The Morgan fingerprint density at radius 1 is 0.429 bits per heavy atom. The Morgan fingerprint density at radius 2 is 0.729 bits per heavy atom. The highest BCUT2D eigenvalue weighted by atomic mass is 31.2. The molecule has 2 atom stereocenters. The van der Waals surface area contributed by atoms with Crippen LogP contribution in [0.25, 0.3) is 0 Å². The van der Waals surface area contributed by atoms with Gasteiger partial charge in [0.15, 0.2) is 6.10 Å². The van der Waals surface area contributed by atoms with Crippen molar-refractivity contribution in [1.29, 1.82) is 0 Å². The fourth-order valence-corrected chi connectivity index (χ4v) is 9.49. The van der Waals surface area contributed by atoms with Crippen LogP contribution in [0.1, 0.15) is 296 Å². The van der Waals surface area contributed by atoms with Gasteiger partial charge in [-0.1, -0.05) is 244 Å². The molecule has 0 N–H and O–H groups in total. The maximum absolute atomic E-state index is 12.8. The molecule has 0 aliphatic rings. The summed E-state index contributed by atoms with van der Waals surface area (Å²) in [6.45, 7) is 4.29. The highest BCUT2D eigenvalue weighted by Gasteiger charge is 2.22. The molecular formula is C60H116NO8P. The SMILES string of the molecule is CCCCCCCCCC/C=C\CCCCCCCCCCCCCCCC(=O)OC(COC(=O)CCCCCCCCCCC/C=C\CCCCCCCCCC)COP(=O)([O-])OCC[N+](C)(C)C. The number of carbonyl (C=O) groups excluding carboxylic acids is 2. The predicted octanol–water partition coefficient (Wildman–Crippen LogP) is 18.0. The molecule has 0 aromatic heterocycles. The number of phosphoric ester groups is 1. The van der Waals surface area contributed by atoms with E-state index in [1.165, 1.54) is 231 Å². The second kappa shape index (κ2) is 52.4. The molecule has 0 amide bonds. The Kier molecular flexibility index (Phi) is 51.2. The molecule has 9 nitrogen and oxygen atoms in total. The van der Waals surface area contributed by atoms with Crippen LogP contribution < -0.4 is 4.89 Å². The molecule has 0 bridgehead atoms. The molecule has 0 heterocycles. The number of hydrogen-bond acceptors (Lipinski definition) is 8. The Bertz CT molecular complexity index is 1240. The number of esters is 2. The topological polar surface area (TPSA) is 111 Å². The van der Waals surface area contributed by atoms with Gasteiger partial charge in [0, 0.05) is 12.8 Å². The Morgan fingerprint density at radius 3 is 1.06 bits per heavy atom. The minimum Gasteiger partial charge on any atom is -0.756 e. The molecule has 0 aromatic carbocycles. The van der Waals surface area contributed by atoms with E-state index in [0.29, 0.717) is 17.4 Å². The van der Waals surface area contributed by atoms with E-state index in [2.05, 4.69) is 38.2 Å². The molecule has 0 rings (SSSR count). The van der Waals surface area contributed by atoms with E-state index in [0.717, 1.165) is 32.1 Å². The monoisotopic (exact) mass is 1010 g/mol. The fourth-order valence-electron chi connectivity index (χ4n) is 8.77. The minimum absolute atomic E-state index is 0.0288. The number of allylic oxidation sites excluding steroid dienone is 4. The Balaban J connectivity index is 4.12. The number of hydrogen-bond donors (Lipinski definition) is 0. The largest absolute Gasteiger partial charge is 0.756 e. The van der Waals surface area contributed by atoms with Crippen molar-refractivity contribution in [1.82, 2.24) is 0 Å². The lowest BCUT2D eigenvalue weighted by molar-refractivity contribution is -0.870. The summed E-state index contributed by atoms with van der Waals surface area (Å²) in [6.07, 6.45) is 62.2. The van der Waals surface area contributed by atoms with E-state index in [4.69, 9.17) is 18.5 Å². The van der Waals surface area contributed by atoms with Gasteiger partial charge in [-0.3, -0.25) is 14.2 Å². The average Bonchev–Trinajstić information content (AvgIpc) is 3.32. The summed E-state index contributed by atoms with van der Waals surface area (Å²) < 4.78 is 34.2. The Hall–Kier alpha value is -1.51. The first-order valence-corrected chi connectivity index (χ1v) is 31.5. The number of likely N-dealkylation sites (N-methyl/N-ethyl adjacent to an activating group) is 1. The zero-order valence-electron chi connectivity index (χ0n) is 47.0. The van der Waals surface area contributed by atoms with Crippen molar-refractivity contribution in [3.05, 3.63) is 24.3 Å². The van der Waals surface area contributed by atoms with Crippen LogP contribution in [-0.4, -0.2) is 70.0 Å². The lowest BCUT2D eigenvalue weighted by atomic mass is 10.0. The van der Waals surface area contributed by atoms with Gasteiger partial charge in [-0.15, -0.1) is 0 Å². The molecule has 0 spiro atoms. The van der Waals surface area contributed by atoms with E-state index in [1.54, 1.807) is 0 Å². The van der Waals surface area contributed by atoms with Crippen LogP contribution in [0, 0.1) is 0 Å². The molecule has 0 aliphatic heterocycles. The van der Waals surface area contributed by atoms with E-state index < -0.39 is 26.5 Å². The van der Waals surface area contributed by atoms with Crippen molar-refractivity contribution in [3.63, 3.8) is 0 Å². The minimum atomic E-state index is -4.63. The maximum atomic E-state index is 12.8. The summed E-state index contributed by atoms with van der Waals surface area (Å²) in [7, 11) is 1.18. The van der Waals surface area contributed by atoms with Crippen molar-refractivity contribution in [3.8, 4) is 0 Å². The van der Waals surface area contributed by atoms with Crippen LogP contribution >= 0.6 is 7.82 Å². The predicted molar refractivity (Wildman–Crippen MR) is 296 cm³/mol. The van der Waals surface area contributed by atoms with Gasteiger partial charge in [-0.25, -0.2) is 0 Å². The second-order valence-corrected chi connectivity index (χ2v) is 23.1. The van der Waals surface area contributed by atoms with Gasteiger partial charge in [-0.2, -0.15) is 0 Å². The van der Waals surface area contributed by atoms with Gasteiger partial charge >= 0.3 is 11.9 Å². The summed E-state index contributed by atoms with van der Waals surface area (Å²) in [5, 5.41) is 0. The van der Waals surface area contributed by atoms with E-state index in [1.807, 2.05) is 21.1 Å². The molecule has 0 aliphatic carbocycles.